The first-order valence-corrected chi connectivity index (χ1v) is 5.35. The van der Waals surface area contributed by atoms with E-state index in [0.29, 0.717) is 5.69 Å². The Hall–Kier alpha value is -1.62. The highest BCUT2D eigenvalue weighted by Crippen LogP contribution is 2.32. The zero-order valence-electron chi connectivity index (χ0n) is 8.87. The van der Waals surface area contributed by atoms with Gasteiger partial charge in [-0.3, -0.25) is 10.1 Å². The Kier molecular flexibility index (Phi) is 3.05. The molecule has 0 unspecified atom stereocenters. The largest absolute Gasteiger partial charge is 0.394 e. The molecule has 1 N–H and O–H groups in total. The fraction of sp³-hybridized carbons (Fsp3) is 0.455. The van der Waals surface area contributed by atoms with Crippen LogP contribution in [0, 0.1) is 10.1 Å². The Balaban J connectivity index is 2.35. The van der Waals surface area contributed by atoms with Crippen molar-refractivity contribution in [2.45, 2.75) is 18.9 Å². The second-order valence-electron chi connectivity index (χ2n) is 3.92. The van der Waals surface area contributed by atoms with E-state index in [1.807, 2.05) is 4.90 Å². The smallest absolute Gasteiger partial charge is 0.292 e. The molecule has 1 aliphatic rings. The van der Waals surface area contributed by atoms with Crippen LogP contribution in [0.25, 0.3) is 0 Å². The number of anilines is 1. The number of hydrogen-bond donors (Lipinski definition) is 1. The third-order valence-corrected chi connectivity index (χ3v) is 2.98. The number of benzene rings is 1. The monoisotopic (exact) mass is 222 g/mol. The van der Waals surface area contributed by atoms with Gasteiger partial charge in [0.2, 0.25) is 0 Å². The molecule has 1 aromatic carbocycles. The average Bonchev–Trinajstić information content (AvgIpc) is 2.76. The standard InChI is InChI=1S/C11H14N2O3/c14-8-9-4-3-7-12(9)10-5-1-2-6-11(10)13(15)16/h1-2,5-6,9,14H,3-4,7-8H2/t9-/m0/s1. The first kappa shape index (κ1) is 10.9. The Morgan fingerprint density at radius 1 is 1.50 bits per heavy atom. The van der Waals surface area contributed by atoms with Crippen molar-refractivity contribution in [3.05, 3.63) is 34.4 Å². The number of nitro benzene ring substituents is 1. The van der Waals surface area contributed by atoms with Crippen LogP contribution in [0.5, 0.6) is 0 Å². The normalized spacial score (nSPS) is 20.1. The lowest BCUT2D eigenvalue weighted by Crippen LogP contribution is -2.32. The van der Waals surface area contributed by atoms with E-state index < -0.39 is 0 Å². The molecule has 5 heteroatoms. The Labute approximate surface area is 93.5 Å². The minimum absolute atomic E-state index is 0.0149. The summed E-state index contributed by atoms with van der Waals surface area (Å²) >= 11 is 0. The maximum absolute atomic E-state index is 10.9. The molecule has 0 aromatic heterocycles. The number of nitrogens with zero attached hydrogens (tertiary/aromatic N) is 2. The van der Waals surface area contributed by atoms with Crippen molar-refractivity contribution < 1.29 is 10.0 Å². The lowest BCUT2D eigenvalue weighted by Gasteiger charge is -2.24. The van der Waals surface area contributed by atoms with Crippen LogP contribution in [-0.4, -0.2) is 29.2 Å². The van der Waals surface area contributed by atoms with Crippen molar-refractivity contribution >= 4 is 11.4 Å². The van der Waals surface area contributed by atoms with Gasteiger partial charge in [-0.1, -0.05) is 12.1 Å². The number of rotatable bonds is 3. The lowest BCUT2D eigenvalue weighted by molar-refractivity contribution is -0.384. The highest BCUT2D eigenvalue weighted by atomic mass is 16.6. The molecule has 2 rings (SSSR count). The number of aliphatic hydroxyl groups is 1. The Morgan fingerprint density at radius 2 is 2.25 bits per heavy atom. The van der Waals surface area contributed by atoms with Crippen molar-refractivity contribution in [2.24, 2.45) is 0 Å². The van der Waals surface area contributed by atoms with Crippen LogP contribution in [0.15, 0.2) is 24.3 Å². The molecule has 16 heavy (non-hydrogen) atoms. The van der Waals surface area contributed by atoms with Crippen LogP contribution in [0.3, 0.4) is 0 Å². The van der Waals surface area contributed by atoms with Gasteiger partial charge < -0.3 is 10.0 Å². The highest BCUT2D eigenvalue weighted by molar-refractivity contribution is 5.64. The second-order valence-corrected chi connectivity index (χ2v) is 3.92. The second kappa shape index (κ2) is 4.49. The predicted molar refractivity (Wildman–Crippen MR) is 60.6 cm³/mol. The fourth-order valence-corrected chi connectivity index (χ4v) is 2.20. The van der Waals surface area contributed by atoms with Gasteiger partial charge in [-0.2, -0.15) is 0 Å². The third-order valence-electron chi connectivity index (χ3n) is 2.98. The molecule has 0 radical (unpaired) electrons. The molecule has 1 saturated heterocycles. The Bertz CT molecular complexity index is 395. The molecule has 1 fully saturated rings. The van der Waals surface area contributed by atoms with Crippen LogP contribution < -0.4 is 4.90 Å². The minimum atomic E-state index is -0.373. The van der Waals surface area contributed by atoms with Crippen LogP contribution in [-0.2, 0) is 0 Å². The zero-order valence-corrected chi connectivity index (χ0v) is 8.87. The van der Waals surface area contributed by atoms with Gasteiger partial charge in [0.1, 0.15) is 5.69 Å². The molecular weight excluding hydrogens is 208 g/mol. The lowest BCUT2D eigenvalue weighted by atomic mass is 10.2. The molecule has 1 aromatic rings. The molecule has 1 atom stereocenters. The summed E-state index contributed by atoms with van der Waals surface area (Å²) in [5.74, 6) is 0. The molecular formula is C11H14N2O3. The van der Waals surface area contributed by atoms with E-state index in [0.717, 1.165) is 19.4 Å². The van der Waals surface area contributed by atoms with Gasteiger partial charge in [0.25, 0.3) is 5.69 Å². The first-order chi connectivity index (χ1) is 7.74. The highest BCUT2D eigenvalue weighted by Gasteiger charge is 2.28. The summed E-state index contributed by atoms with van der Waals surface area (Å²) in [6.45, 7) is 0.822. The van der Waals surface area contributed by atoms with Gasteiger partial charge >= 0.3 is 0 Å². The maximum Gasteiger partial charge on any atom is 0.292 e. The summed E-state index contributed by atoms with van der Waals surface area (Å²) in [5.41, 5.74) is 0.729. The SMILES string of the molecule is O=[N+]([O-])c1ccccc1N1CCC[C@H]1CO. The summed E-state index contributed by atoms with van der Waals surface area (Å²) < 4.78 is 0. The number of aliphatic hydroxyl groups excluding tert-OH is 1. The average molecular weight is 222 g/mol. The molecule has 1 heterocycles. The quantitative estimate of drug-likeness (QED) is 0.622. The predicted octanol–water partition coefficient (Wildman–Crippen LogP) is 1.56. The van der Waals surface area contributed by atoms with Crippen molar-refractivity contribution in [1.29, 1.82) is 0 Å². The first-order valence-electron chi connectivity index (χ1n) is 5.35. The van der Waals surface area contributed by atoms with Crippen LogP contribution >= 0.6 is 0 Å². The minimum Gasteiger partial charge on any atom is -0.394 e. The van der Waals surface area contributed by atoms with Gasteiger partial charge in [0.05, 0.1) is 17.6 Å². The third kappa shape index (κ3) is 1.86. The number of hydrogen-bond acceptors (Lipinski definition) is 4. The van der Waals surface area contributed by atoms with Crippen LogP contribution in [0.2, 0.25) is 0 Å². The molecule has 5 nitrogen and oxygen atoms in total. The van der Waals surface area contributed by atoms with Crippen molar-refractivity contribution in [3.8, 4) is 0 Å². The van der Waals surface area contributed by atoms with E-state index in [1.54, 1.807) is 18.2 Å². The molecule has 1 aliphatic heterocycles. The summed E-state index contributed by atoms with van der Waals surface area (Å²) in [6.07, 6.45) is 1.86. The van der Waals surface area contributed by atoms with Gasteiger partial charge in [-0.05, 0) is 18.9 Å². The topological polar surface area (TPSA) is 66.6 Å². The van der Waals surface area contributed by atoms with Gasteiger partial charge in [-0.25, -0.2) is 0 Å². The van der Waals surface area contributed by atoms with Gasteiger partial charge in [-0.15, -0.1) is 0 Å². The van der Waals surface area contributed by atoms with E-state index in [9.17, 15) is 15.2 Å². The van der Waals surface area contributed by atoms with Crippen molar-refractivity contribution in [3.63, 3.8) is 0 Å². The van der Waals surface area contributed by atoms with E-state index in [-0.39, 0.29) is 23.3 Å². The molecule has 86 valence electrons. The number of para-hydroxylation sites is 2. The molecule has 0 amide bonds. The summed E-state index contributed by atoms with van der Waals surface area (Å²) in [5, 5.41) is 20.1. The molecule has 0 saturated carbocycles. The van der Waals surface area contributed by atoms with Crippen molar-refractivity contribution in [1.82, 2.24) is 0 Å². The zero-order chi connectivity index (χ0) is 11.5. The van der Waals surface area contributed by atoms with Crippen LogP contribution in [0.1, 0.15) is 12.8 Å². The summed E-state index contributed by atoms with van der Waals surface area (Å²) in [6, 6.07) is 6.70. The van der Waals surface area contributed by atoms with Gasteiger partial charge in [0, 0.05) is 12.6 Å². The molecule has 0 spiro atoms. The van der Waals surface area contributed by atoms with E-state index in [4.69, 9.17) is 0 Å². The molecule has 0 aliphatic carbocycles. The maximum atomic E-state index is 10.9. The van der Waals surface area contributed by atoms with Crippen molar-refractivity contribution in [2.75, 3.05) is 18.1 Å². The Morgan fingerprint density at radius 3 is 2.94 bits per heavy atom. The summed E-state index contributed by atoms with van der Waals surface area (Å²) in [4.78, 5) is 12.4. The number of nitro groups is 1. The molecule has 0 bridgehead atoms. The van der Waals surface area contributed by atoms with E-state index in [1.165, 1.54) is 6.07 Å². The van der Waals surface area contributed by atoms with E-state index >= 15 is 0 Å². The van der Waals surface area contributed by atoms with Gasteiger partial charge in [0.15, 0.2) is 0 Å². The van der Waals surface area contributed by atoms with Crippen LogP contribution in [0.4, 0.5) is 11.4 Å². The fourth-order valence-electron chi connectivity index (χ4n) is 2.20. The summed E-state index contributed by atoms with van der Waals surface area (Å²) in [7, 11) is 0. The van der Waals surface area contributed by atoms with E-state index in [2.05, 4.69) is 0 Å².